The lowest BCUT2D eigenvalue weighted by atomic mass is 9.82. The van der Waals surface area contributed by atoms with Crippen molar-refractivity contribution in [2.75, 3.05) is 0 Å². The van der Waals surface area contributed by atoms with Crippen LogP contribution in [-0.4, -0.2) is 44.7 Å². The van der Waals surface area contributed by atoms with E-state index in [-0.39, 0.29) is 28.8 Å². The first-order valence-corrected chi connectivity index (χ1v) is 16.7. The van der Waals surface area contributed by atoms with Crippen LogP contribution in [0.2, 0.25) is 5.04 Å². The Labute approximate surface area is 262 Å². The van der Waals surface area contributed by atoms with Crippen molar-refractivity contribution >= 4 is 21.8 Å². The molecule has 2 aromatic carbocycles. The lowest BCUT2D eigenvalue weighted by Crippen LogP contribution is -2.49. The van der Waals surface area contributed by atoms with Gasteiger partial charge in [0.05, 0.1) is 18.1 Å². The van der Waals surface area contributed by atoms with Crippen LogP contribution in [0.25, 0.3) is 0 Å². The van der Waals surface area contributed by atoms with Gasteiger partial charge in [0.15, 0.2) is 9.76 Å². The smallest absolute Gasteiger partial charge is 0.407 e. The molecule has 0 heterocycles. The zero-order valence-corrected chi connectivity index (χ0v) is 29.4. The molecule has 0 aliphatic heterocycles. The molecule has 0 radical (unpaired) electrons. The highest BCUT2D eigenvalue weighted by atomic mass is 28.2. The molecule has 0 aliphatic rings. The van der Waals surface area contributed by atoms with Crippen molar-refractivity contribution in [3.05, 3.63) is 65.7 Å². The largest absolute Gasteiger partial charge is 0.489 e. The summed E-state index contributed by atoms with van der Waals surface area (Å²) in [6, 6.07) is 17.2. The lowest BCUT2D eigenvalue weighted by Gasteiger charge is -2.40. The minimum atomic E-state index is -1.13. The fourth-order valence-corrected chi connectivity index (χ4v) is 5.88. The molecule has 3 atom stereocenters. The molecule has 2 rings (SSSR count). The number of aliphatic carboxylic acids is 1. The van der Waals surface area contributed by atoms with E-state index >= 15 is 0 Å². The number of alkyl carbamates (subject to hydrolysis) is 1. The van der Waals surface area contributed by atoms with E-state index in [0.29, 0.717) is 19.4 Å². The van der Waals surface area contributed by atoms with Crippen LogP contribution in [0.15, 0.2) is 54.6 Å². The summed E-state index contributed by atoms with van der Waals surface area (Å²) in [4.78, 5) is 25.5. The van der Waals surface area contributed by atoms with Gasteiger partial charge in [-0.2, -0.15) is 0 Å². The molecule has 0 fully saturated rings. The number of carboxylic acid groups (broad SMARTS) is 1. The van der Waals surface area contributed by atoms with Crippen LogP contribution in [-0.2, 0) is 27.0 Å². The number of hydrogen-bond acceptors (Lipinski definition) is 5. The first-order chi connectivity index (χ1) is 19.9. The van der Waals surface area contributed by atoms with E-state index < -0.39 is 39.4 Å². The third kappa shape index (κ3) is 13.1. The molecule has 0 saturated heterocycles. The monoisotopic (exact) mass is 613 g/mol. The van der Waals surface area contributed by atoms with Gasteiger partial charge in [-0.1, -0.05) is 90.9 Å². The summed E-state index contributed by atoms with van der Waals surface area (Å²) in [6.07, 6.45) is 0.300. The molecule has 7 nitrogen and oxygen atoms in total. The standard InChI is InChI=1S/C35H55NO6Si/c1-24(2)20-29(36-32(39)41-34(6,7)8)30(42-43-35(9,10)33(3,4)5)22-27(31(37)38)21-25-16-18-28(19-17-25)40-23-26-14-12-11-13-15-26/h11-19,24,27,29-30H,20-23,43H2,1-10H3,(H,36,39)(H,37,38)/t27-,29+,30+/m1/s1. The van der Waals surface area contributed by atoms with E-state index in [4.69, 9.17) is 13.9 Å². The Bertz CT molecular complexity index is 1140. The molecule has 2 aromatic rings. The highest BCUT2D eigenvalue weighted by Gasteiger charge is 2.37. The van der Waals surface area contributed by atoms with Crippen molar-refractivity contribution in [3.8, 4) is 5.75 Å². The minimum Gasteiger partial charge on any atom is -0.489 e. The molecule has 43 heavy (non-hydrogen) atoms. The normalized spacial score (nSPS) is 14.9. The van der Waals surface area contributed by atoms with Crippen molar-refractivity contribution in [2.45, 2.75) is 118 Å². The number of nitrogens with one attached hydrogen (secondary N) is 1. The maximum atomic E-state index is 12.9. The fraction of sp³-hybridized carbons (Fsp3) is 0.600. The Morgan fingerprint density at radius 3 is 1.98 bits per heavy atom. The first-order valence-electron chi connectivity index (χ1n) is 15.5. The maximum Gasteiger partial charge on any atom is 0.407 e. The Morgan fingerprint density at radius 1 is 0.860 bits per heavy atom. The summed E-state index contributed by atoms with van der Waals surface area (Å²) in [5.74, 6) is -0.581. The SMILES string of the molecule is CC(C)C[C@H](NC(=O)OC(C)(C)C)[C@H](C[C@@H](Cc1ccc(OCc2ccccc2)cc1)C(=O)O)O[SiH2]C(C)(C)C(C)(C)C. The average molecular weight is 614 g/mol. The van der Waals surface area contributed by atoms with Gasteiger partial charge in [-0.3, -0.25) is 4.79 Å². The number of carboxylic acids is 1. The van der Waals surface area contributed by atoms with Crippen LogP contribution < -0.4 is 10.1 Å². The second-order valence-corrected chi connectivity index (χ2v) is 17.1. The van der Waals surface area contributed by atoms with Crippen LogP contribution in [0.4, 0.5) is 4.79 Å². The van der Waals surface area contributed by atoms with E-state index in [1.54, 1.807) is 0 Å². The van der Waals surface area contributed by atoms with Gasteiger partial charge < -0.3 is 24.3 Å². The van der Waals surface area contributed by atoms with E-state index in [2.05, 4.69) is 53.8 Å². The Hall–Kier alpha value is -2.84. The van der Waals surface area contributed by atoms with E-state index in [9.17, 15) is 14.7 Å². The van der Waals surface area contributed by atoms with Gasteiger partial charge in [0.25, 0.3) is 0 Å². The lowest BCUT2D eigenvalue weighted by molar-refractivity contribution is -0.142. The Kier molecular flexibility index (Phi) is 13.3. The number of rotatable bonds is 15. The molecule has 0 bridgehead atoms. The van der Waals surface area contributed by atoms with E-state index in [1.807, 2.05) is 75.4 Å². The number of carbonyl (C=O) groups excluding carboxylic acids is 1. The van der Waals surface area contributed by atoms with Crippen LogP contribution in [0.1, 0.15) is 93.2 Å². The van der Waals surface area contributed by atoms with E-state index in [1.165, 1.54) is 0 Å². The first kappa shape index (κ1) is 36.3. The number of carbonyl (C=O) groups is 2. The third-order valence-electron chi connectivity index (χ3n) is 8.08. The molecular formula is C35H55NO6Si. The van der Waals surface area contributed by atoms with Gasteiger partial charge in [0, 0.05) is 0 Å². The van der Waals surface area contributed by atoms with Crippen LogP contribution >= 0.6 is 0 Å². The highest BCUT2D eigenvalue weighted by molar-refractivity contribution is 6.32. The van der Waals surface area contributed by atoms with Crippen LogP contribution in [0.3, 0.4) is 0 Å². The van der Waals surface area contributed by atoms with Crippen molar-refractivity contribution in [1.82, 2.24) is 5.32 Å². The Balaban J connectivity index is 2.26. The molecule has 240 valence electrons. The quantitative estimate of drug-likeness (QED) is 0.202. The van der Waals surface area contributed by atoms with Crippen LogP contribution in [0.5, 0.6) is 5.75 Å². The van der Waals surface area contributed by atoms with Crippen molar-refractivity contribution < 1.29 is 28.6 Å². The second kappa shape index (κ2) is 15.8. The predicted octanol–water partition coefficient (Wildman–Crippen LogP) is 7.55. The van der Waals surface area contributed by atoms with Crippen molar-refractivity contribution in [1.29, 1.82) is 0 Å². The zero-order valence-electron chi connectivity index (χ0n) is 28.0. The number of ether oxygens (including phenoxy) is 2. The second-order valence-electron chi connectivity index (χ2n) is 14.8. The molecule has 0 unspecified atom stereocenters. The fourth-order valence-electron chi connectivity index (χ4n) is 4.45. The van der Waals surface area contributed by atoms with Crippen LogP contribution in [0, 0.1) is 17.3 Å². The Morgan fingerprint density at radius 2 is 1.47 bits per heavy atom. The molecule has 2 N–H and O–H groups in total. The van der Waals surface area contributed by atoms with Gasteiger partial charge >= 0.3 is 12.1 Å². The number of amides is 1. The van der Waals surface area contributed by atoms with Gasteiger partial charge in [0.2, 0.25) is 0 Å². The highest BCUT2D eigenvalue weighted by Crippen LogP contribution is 2.44. The average Bonchev–Trinajstić information content (AvgIpc) is 2.88. The summed E-state index contributed by atoms with van der Waals surface area (Å²) >= 11 is 0. The molecule has 0 aliphatic carbocycles. The molecular weight excluding hydrogens is 558 g/mol. The number of benzene rings is 2. The van der Waals surface area contributed by atoms with E-state index in [0.717, 1.165) is 16.9 Å². The summed E-state index contributed by atoms with van der Waals surface area (Å²) in [6.45, 7) is 21.2. The van der Waals surface area contributed by atoms with Gasteiger partial charge in [-0.05, 0) is 79.7 Å². The topological polar surface area (TPSA) is 94.1 Å². The summed E-state index contributed by atoms with van der Waals surface area (Å²) in [7, 11) is -1.13. The van der Waals surface area contributed by atoms with Gasteiger partial charge in [-0.15, -0.1) is 0 Å². The predicted molar refractivity (Wildman–Crippen MR) is 176 cm³/mol. The molecule has 1 amide bonds. The zero-order chi connectivity index (χ0) is 32.4. The third-order valence-corrected chi connectivity index (χ3v) is 10.5. The summed E-state index contributed by atoms with van der Waals surface area (Å²) in [5, 5.41) is 13.3. The molecule has 0 aromatic heterocycles. The maximum absolute atomic E-state index is 12.9. The summed E-state index contributed by atoms with van der Waals surface area (Å²) < 4.78 is 18.2. The number of hydrogen-bond donors (Lipinski definition) is 2. The van der Waals surface area contributed by atoms with Crippen molar-refractivity contribution in [3.63, 3.8) is 0 Å². The summed E-state index contributed by atoms with van der Waals surface area (Å²) in [5.41, 5.74) is 1.36. The van der Waals surface area contributed by atoms with Gasteiger partial charge in [0.1, 0.15) is 18.0 Å². The van der Waals surface area contributed by atoms with Crippen molar-refractivity contribution in [2.24, 2.45) is 17.3 Å². The molecule has 0 spiro atoms. The molecule has 8 heteroatoms. The minimum absolute atomic E-state index is 0.0203. The molecule has 0 saturated carbocycles. The van der Waals surface area contributed by atoms with Gasteiger partial charge in [-0.25, -0.2) is 4.79 Å².